The molecule has 0 aromatic heterocycles. The SMILES string of the molecule is COC(=O)[C@@H](C)NC(=O)NCc1ccccc1. The van der Waals surface area contributed by atoms with Crippen LogP contribution in [0.1, 0.15) is 12.5 Å². The molecule has 0 saturated heterocycles. The highest BCUT2D eigenvalue weighted by atomic mass is 16.5. The van der Waals surface area contributed by atoms with Crippen molar-refractivity contribution >= 4 is 12.0 Å². The van der Waals surface area contributed by atoms with E-state index in [4.69, 9.17) is 0 Å². The van der Waals surface area contributed by atoms with Gasteiger partial charge in [0.05, 0.1) is 7.11 Å². The lowest BCUT2D eigenvalue weighted by Gasteiger charge is -2.12. The third-order valence-electron chi connectivity index (χ3n) is 2.20. The number of esters is 1. The molecule has 0 unspecified atom stereocenters. The molecule has 0 saturated carbocycles. The summed E-state index contributed by atoms with van der Waals surface area (Å²) < 4.78 is 4.49. The van der Waals surface area contributed by atoms with E-state index in [1.807, 2.05) is 30.3 Å². The minimum Gasteiger partial charge on any atom is -0.467 e. The van der Waals surface area contributed by atoms with Crippen molar-refractivity contribution in [1.29, 1.82) is 0 Å². The molecule has 0 fully saturated rings. The molecule has 0 radical (unpaired) electrons. The second-order valence-electron chi connectivity index (χ2n) is 3.56. The fourth-order valence-electron chi connectivity index (χ4n) is 1.26. The van der Waals surface area contributed by atoms with Gasteiger partial charge in [-0.05, 0) is 12.5 Å². The van der Waals surface area contributed by atoms with Gasteiger partial charge in [0, 0.05) is 6.54 Å². The summed E-state index contributed by atoms with van der Waals surface area (Å²) in [7, 11) is 1.28. The number of ether oxygens (including phenoxy) is 1. The zero-order valence-electron chi connectivity index (χ0n) is 9.90. The molecule has 0 aliphatic rings. The number of urea groups is 1. The van der Waals surface area contributed by atoms with Gasteiger partial charge in [0.1, 0.15) is 6.04 Å². The maximum atomic E-state index is 11.4. The van der Waals surface area contributed by atoms with E-state index in [9.17, 15) is 9.59 Å². The third kappa shape index (κ3) is 4.55. The van der Waals surface area contributed by atoms with Crippen molar-refractivity contribution in [3.63, 3.8) is 0 Å². The van der Waals surface area contributed by atoms with Crippen molar-refractivity contribution in [2.45, 2.75) is 19.5 Å². The van der Waals surface area contributed by atoms with E-state index < -0.39 is 18.0 Å². The monoisotopic (exact) mass is 236 g/mol. The lowest BCUT2D eigenvalue weighted by molar-refractivity contribution is -0.142. The van der Waals surface area contributed by atoms with E-state index in [2.05, 4.69) is 15.4 Å². The predicted octanol–water partition coefficient (Wildman–Crippen LogP) is 1.05. The molecule has 92 valence electrons. The molecule has 5 nitrogen and oxygen atoms in total. The predicted molar refractivity (Wildman–Crippen MR) is 63.3 cm³/mol. The molecule has 1 aromatic carbocycles. The molecule has 0 bridgehead atoms. The summed E-state index contributed by atoms with van der Waals surface area (Å²) in [5.74, 6) is -0.472. The lowest BCUT2D eigenvalue weighted by Crippen LogP contribution is -2.44. The summed E-state index contributed by atoms with van der Waals surface area (Å²) in [6.45, 7) is 1.98. The molecule has 0 heterocycles. The second-order valence-corrected chi connectivity index (χ2v) is 3.56. The highest BCUT2D eigenvalue weighted by Gasteiger charge is 2.14. The van der Waals surface area contributed by atoms with Crippen LogP contribution in [0.15, 0.2) is 30.3 Å². The van der Waals surface area contributed by atoms with Crippen LogP contribution in [0.4, 0.5) is 4.79 Å². The van der Waals surface area contributed by atoms with Crippen molar-refractivity contribution in [3.8, 4) is 0 Å². The van der Waals surface area contributed by atoms with E-state index in [0.717, 1.165) is 5.56 Å². The van der Waals surface area contributed by atoms with Crippen LogP contribution in [0, 0.1) is 0 Å². The number of amides is 2. The van der Waals surface area contributed by atoms with Gasteiger partial charge in [0.25, 0.3) is 0 Å². The maximum Gasteiger partial charge on any atom is 0.328 e. The lowest BCUT2D eigenvalue weighted by atomic mass is 10.2. The number of carbonyl (C=O) groups excluding carboxylic acids is 2. The summed E-state index contributed by atoms with van der Waals surface area (Å²) in [6, 6.07) is 8.46. The molecule has 0 aliphatic heterocycles. The maximum absolute atomic E-state index is 11.4. The van der Waals surface area contributed by atoms with Crippen LogP contribution in [0.3, 0.4) is 0 Å². The molecular weight excluding hydrogens is 220 g/mol. The van der Waals surface area contributed by atoms with Crippen LogP contribution in [0.2, 0.25) is 0 Å². The van der Waals surface area contributed by atoms with Crippen LogP contribution >= 0.6 is 0 Å². The van der Waals surface area contributed by atoms with Crippen molar-refractivity contribution in [3.05, 3.63) is 35.9 Å². The van der Waals surface area contributed by atoms with E-state index in [0.29, 0.717) is 6.54 Å². The van der Waals surface area contributed by atoms with Gasteiger partial charge in [-0.2, -0.15) is 0 Å². The summed E-state index contributed by atoms with van der Waals surface area (Å²) in [6.07, 6.45) is 0. The Bertz CT molecular complexity index is 379. The Balaban J connectivity index is 2.33. The summed E-state index contributed by atoms with van der Waals surface area (Å²) in [5.41, 5.74) is 0.994. The van der Waals surface area contributed by atoms with Gasteiger partial charge >= 0.3 is 12.0 Å². The van der Waals surface area contributed by atoms with Gasteiger partial charge in [-0.25, -0.2) is 9.59 Å². The summed E-state index contributed by atoms with van der Waals surface area (Å²) in [5, 5.41) is 5.13. The van der Waals surface area contributed by atoms with Gasteiger partial charge in [0.2, 0.25) is 0 Å². The van der Waals surface area contributed by atoms with Crippen molar-refractivity contribution < 1.29 is 14.3 Å². The van der Waals surface area contributed by atoms with E-state index in [1.54, 1.807) is 6.92 Å². The Hall–Kier alpha value is -2.04. The molecule has 2 N–H and O–H groups in total. The van der Waals surface area contributed by atoms with Gasteiger partial charge in [-0.1, -0.05) is 30.3 Å². The van der Waals surface area contributed by atoms with E-state index >= 15 is 0 Å². The van der Waals surface area contributed by atoms with Crippen LogP contribution in [0.5, 0.6) is 0 Å². The third-order valence-corrected chi connectivity index (χ3v) is 2.20. The Kier molecular flexibility index (Phi) is 5.00. The molecule has 1 aromatic rings. The smallest absolute Gasteiger partial charge is 0.328 e. The van der Waals surface area contributed by atoms with Gasteiger partial charge in [0.15, 0.2) is 0 Å². The number of hydrogen-bond acceptors (Lipinski definition) is 3. The zero-order valence-corrected chi connectivity index (χ0v) is 9.90. The van der Waals surface area contributed by atoms with Gasteiger partial charge < -0.3 is 15.4 Å². The second kappa shape index (κ2) is 6.52. The number of benzene rings is 1. The standard InChI is InChI=1S/C12H16N2O3/c1-9(11(15)17-2)14-12(16)13-8-10-6-4-3-5-7-10/h3-7,9H,8H2,1-2H3,(H2,13,14,16)/t9-/m1/s1. The number of nitrogens with one attached hydrogen (secondary N) is 2. The normalized spacial score (nSPS) is 11.4. The highest BCUT2D eigenvalue weighted by molar-refractivity contribution is 5.83. The summed E-state index contributed by atoms with van der Waals surface area (Å²) >= 11 is 0. The van der Waals surface area contributed by atoms with E-state index in [-0.39, 0.29) is 0 Å². The molecule has 0 aliphatic carbocycles. The first kappa shape index (κ1) is 13.0. The molecule has 17 heavy (non-hydrogen) atoms. The van der Waals surface area contributed by atoms with E-state index in [1.165, 1.54) is 7.11 Å². The molecule has 2 amide bonds. The van der Waals surface area contributed by atoms with Crippen molar-refractivity contribution in [2.24, 2.45) is 0 Å². The van der Waals surface area contributed by atoms with Crippen LogP contribution in [0.25, 0.3) is 0 Å². The fraction of sp³-hybridized carbons (Fsp3) is 0.333. The first-order chi connectivity index (χ1) is 8.13. The minimum absolute atomic E-state index is 0.397. The molecule has 5 heteroatoms. The average Bonchev–Trinajstić information content (AvgIpc) is 2.36. The summed E-state index contributed by atoms with van der Waals surface area (Å²) in [4.78, 5) is 22.5. The van der Waals surface area contributed by atoms with Crippen LogP contribution in [-0.2, 0) is 16.1 Å². The Morgan fingerprint density at radius 3 is 2.53 bits per heavy atom. The Morgan fingerprint density at radius 2 is 1.94 bits per heavy atom. The number of hydrogen-bond donors (Lipinski definition) is 2. The highest BCUT2D eigenvalue weighted by Crippen LogP contribution is 1.97. The number of carbonyl (C=O) groups is 2. The van der Waals surface area contributed by atoms with Crippen molar-refractivity contribution in [2.75, 3.05) is 7.11 Å². The average molecular weight is 236 g/mol. The molecule has 1 atom stereocenters. The largest absolute Gasteiger partial charge is 0.467 e. The van der Waals surface area contributed by atoms with Gasteiger partial charge in [-0.15, -0.1) is 0 Å². The molecular formula is C12H16N2O3. The fourth-order valence-corrected chi connectivity index (χ4v) is 1.26. The van der Waals surface area contributed by atoms with Crippen LogP contribution < -0.4 is 10.6 Å². The Morgan fingerprint density at radius 1 is 1.29 bits per heavy atom. The topological polar surface area (TPSA) is 67.4 Å². The van der Waals surface area contributed by atoms with Crippen molar-refractivity contribution in [1.82, 2.24) is 10.6 Å². The quantitative estimate of drug-likeness (QED) is 0.768. The van der Waals surface area contributed by atoms with Crippen LogP contribution in [-0.4, -0.2) is 25.2 Å². The molecule has 1 rings (SSSR count). The molecule has 0 spiro atoms. The number of methoxy groups -OCH3 is 1. The zero-order chi connectivity index (χ0) is 12.7. The first-order valence-corrected chi connectivity index (χ1v) is 5.29. The first-order valence-electron chi connectivity index (χ1n) is 5.29. The Labute approximate surface area is 100 Å². The number of rotatable bonds is 4. The van der Waals surface area contributed by atoms with Gasteiger partial charge in [-0.3, -0.25) is 0 Å². The minimum atomic E-state index is -0.657.